The number of ether oxygens (including phenoxy) is 2. The van der Waals surface area contributed by atoms with Crippen LogP contribution in [0.15, 0.2) is 41.3 Å². The molecule has 2 aromatic rings. The first-order valence-corrected chi connectivity index (χ1v) is 11.7. The van der Waals surface area contributed by atoms with E-state index in [0.29, 0.717) is 32.2 Å². The summed E-state index contributed by atoms with van der Waals surface area (Å²) < 4.78 is 70.5. The molecule has 2 aliphatic heterocycles. The normalized spacial score (nSPS) is 18.1. The van der Waals surface area contributed by atoms with Crippen molar-refractivity contribution >= 4 is 46.5 Å². The van der Waals surface area contributed by atoms with E-state index in [0.717, 1.165) is 43.0 Å². The van der Waals surface area contributed by atoms with Gasteiger partial charge >= 0.3 is 35.7 Å². The molecule has 0 bridgehead atoms. The fourth-order valence-corrected chi connectivity index (χ4v) is 4.56. The van der Waals surface area contributed by atoms with Crippen molar-refractivity contribution in [1.82, 2.24) is 4.90 Å². The number of alkyl halides is 3. The fraction of sp³-hybridized carbons (Fsp3) is 0.435. The summed E-state index contributed by atoms with van der Waals surface area (Å²) in [6.07, 6.45) is -4.90. The number of carbonyl (C=O) groups excluding carboxylic acids is 1. The van der Waals surface area contributed by atoms with Gasteiger partial charge in [0.2, 0.25) is 0 Å². The van der Waals surface area contributed by atoms with Crippen LogP contribution in [0, 0.1) is 0 Å². The summed E-state index contributed by atoms with van der Waals surface area (Å²) in [7, 11) is 0. The van der Waals surface area contributed by atoms with Crippen LogP contribution in [-0.2, 0) is 28.9 Å². The molecule has 2 aliphatic rings. The predicted octanol–water partition coefficient (Wildman–Crippen LogP) is 4.00. The summed E-state index contributed by atoms with van der Waals surface area (Å²) in [4.78, 5) is 14.7. The molecule has 2 aromatic carbocycles. The summed E-state index contributed by atoms with van der Waals surface area (Å²) in [6.45, 7) is 2.87. The first-order valence-electron chi connectivity index (χ1n) is 10.6. The molecule has 6 nitrogen and oxygen atoms in total. The number of nitrogens with zero attached hydrogens (tertiary/aromatic N) is 1. The van der Waals surface area contributed by atoms with Gasteiger partial charge in [-0.15, -0.1) is 0 Å². The molecule has 11 heteroatoms. The Bertz CT molecular complexity index is 1080. The quantitative estimate of drug-likeness (QED) is 0.489. The number of carbonyl (C=O) groups is 1. The zero-order valence-corrected chi connectivity index (χ0v) is 18.7. The molecule has 0 aliphatic carbocycles. The van der Waals surface area contributed by atoms with E-state index in [-0.39, 0.29) is 45.8 Å². The topological polar surface area (TPSA) is 76.1 Å². The van der Waals surface area contributed by atoms with E-state index in [1.54, 1.807) is 0 Å². The molecule has 1 unspecified atom stereocenters. The van der Waals surface area contributed by atoms with Crippen LogP contribution in [0.25, 0.3) is 0 Å². The van der Waals surface area contributed by atoms with Crippen LogP contribution >= 0.6 is 0 Å². The Morgan fingerprint density at radius 1 is 1.15 bits per heavy atom. The minimum absolute atomic E-state index is 0. The first-order chi connectivity index (χ1) is 15.6. The van der Waals surface area contributed by atoms with Crippen LogP contribution in [-0.4, -0.2) is 74.6 Å². The summed E-state index contributed by atoms with van der Waals surface area (Å²) >= 11 is -2.40. The molecule has 1 saturated heterocycles. The van der Waals surface area contributed by atoms with Crippen molar-refractivity contribution in [2.24, 2.45) is 0 Å². The molecule has 180 valence electrons. The summed E-state index contributed by atoms with van der Waals surface area (Å²) in [5.74, 6) is -0.442. The molecule has 4 rings (SSSR count). The van der Waals surface area contributed by atoms with Crippen molar-refractivity contribution in [3.63, 3.8) is 0 Å². The van der Waals surface area contributed by atoms with Crippen LogP contribution in [0.2, 0.25) is 0 Å². The van der Waals surface area contributed by atoms with Gasteiger partial charge in [-0.2, -0.15) is 13.2 Å². The standard InChI is InChI=1S/C23H24F3NO5S.Na.H/c1-14(23(24,25)26)32-21-5-4-19(33(29)30)11-20(21)22(28)27-12-17-3-2-16(10-18(17)13-27)15-6-8-31-9-7-15;;/h2-5,10-11,14-15H,6-9,12-13H2,1H3,(H,29,30);;/t14-;;/m0../s1. The van der Waals surface area contributed by atoms with Crippen molar-refractivity contribution in [3.05, 3.63) is 58.7 Å². The molecule has 34 heavy (non-hydrogen) atoms. The zero-order valence-electron chi connectivity index (χ0n) is 17.9. The van der Waals surface area contributed by atoms with Gasteiger partial charge in [0, 0.05) is 26.3 Å². The summed E-state index contributed by atoms with van der Waals surface area (Å²) in [6, 6.07) is 9.54. The molecule has 1 fully saturated rings. The molecular formula is C23H25F3NNaO5S. The molecule has 0 saturated carbocycles. The van der Waals surface area contributed by atoms with Crippen molar-refractivity contribution in [1.29, 1.82) is 0 Å². The van der Waals surface area contributed by atoms with Gasteiger partial charge in [-0.1, -0.05) is 18.2 Å². The average molecular weight is 508 g/mol. The Labute approximate surface area is 220 Å². The van der Waals surface area contributed by atoms with Gasteiger partial charge in [-0.25, -0.2) is 4.21 Å². The van der Waals surface area contributed by atoms with Gasteiger partial charge in [0.25, 0.3) is 5.91 Å². The second-order valence-corrected chi connectivity index (χ2v) is 9.25. The number of halogens is 3. The Kier molecular flexibility index (Phi) is 8.86. The van der Waals surface area contributed by atoms with Crippen LogP contribution < -0.4 is 4.74 Å². The number of amides is 1. The van der Waals surface area contributed by atoms with Crippen LogP contribution in [0.5, 0.6) is 5.75 Å². The third-order valence-corrected chi connectivity index (χ3v) is 6.74. The second-order valence-electron chi connectivity index (χ2n) is 8.28. The van der Waals surface area contributed by atoms with Crippen molar-refractivity contribution in [2.75, 3.05) is 13.2 Å². The Balaban J connectivity index is 0.00000324. The zero-order chi connectivity index (χ0) is 23.8. The van der Waals surface area contributed by atoms with E-state index in [4.69, 9.17) is 9.47 Å². The SMILES string of the molecule is C[C@H](Oc1ccc(S(=O)O)cc1C(=O)N1Cc2ccc(C3CCOCC3)cc2C1)C(F)(F)F.[NaH]. The summed E-state index contributed by atoms with van der Waals surface area (Å²) in [5, 5.41) is 0. The van der Waals surface area contributed by atoms with E-state index in [1.165, 1.54) is 16.5 Å². The van der Waals surface area contributed by atoms with Crippen molar-refractivity contribution in [3.8, 4) is 5.75 Å². The number of hydrogen-bond acceptors (Lipinski definition) is 4. The van der Waals surface area contributed by atoms with Crippen molar-refractivity contribution < 1.29 is 36.2 Å². The number of rotatable bonds is 5. The van der Waals surface area contributed by atoms with Gasteiger partial charge in [-0.3, -0.25) is 4.79 Å². The van der Waals surface area contributed by atoms with E-state index < -0.39 is 29.3 Å². The monoisotopic (exact) mass is 507 g/mol. The van der Waals surface area contributed by atoms with Crippen LogP contribution in [0.3, 0.4) is 0 Å². The van der Waals surface area contributed by atoms with Gasteiger partial charge < -0.3 is 18.9 Å². The average Bonchev–Trinajstić information content (AvgIpc) is 3.22. The molecule has 0 aromatic heterocycles. The third-order valence-electron chi connectivity index (χ3n) is 6.08. The van der Waals surface area contributed by atoms with E-state index in [9.17, 15) is 26.7 Å². The molecule has 0 radical (unpaired) electrons. The van der Waals surface area contributed by atoms with E-state index >= 15 is 0 Å². The summed E-state index contributed by atoms with van der Waals surface area (Å²) in [5.41, 5.74) is 2.96. The maximum absolute atomic E-state index is 13.3. The van der Waals surface area contributed by atoms with Gasteiger partial charge in [0.05, 0.1) is 10.5 Å². The number of benzene rings is 2. The second kappa shape index (κ2) is 11.1. The number of fused-ring (bicyclic) bond motifs is 1. The molecule has 1 N–H and O–H groups in total. The van der Waals surface area contributed by atoms with E-state index in [2.05, 4.69) is 12.1 Å². The molecular weight excluding hydrogens is 482 g/mol. The molecule has 2 heterocycles. The van der Waals surface area contributed by atoms with Crippen LogP contribution in [0.1, 0.15) is 52.7 Å². The first kappa shape index (κ1) is 27.2. The fourth-order valence-electron chi connectivity index (χ4n) is 4.16. The predicted molar refractivity (Wildman–Crippen MR) is 122 cm³/mol. The molecule has 0 spiro atoms. The Hall–Kier alpha value is -1.43. The van der Waals surface area contributed by atoms with Crippen molar-refractivity contribution in [2.45, 2.75) is 55.9 Å². The van der Waals surface area contributed by atoms with E-state index in [1.807, 2.05) is 6.07 Å². The van der Waals surface area contributed by atoms with Crippen LogP contribution in [0.4, 0.5) is 13.2 Å². The van der Waals surface area contributed by atoms with Gasteiger partial charge in [0.1, 0.15) is 5.75 Å². The Morgan fingerprint density at radius 3 is 2.47 bits per heavy atom. The molecule has 2 atom stereocenters. The third kappa shape index (κ3) is 6.03. The van der Waals surface area contributed by atoms with Gasteiger partial charge in [0.15, 0.2) is 17.2 Å². The number of hydrogen-bond donors (Lipinski definition) is 1. The Morgan fingerprint density at radius 2 is 1.82 bits per heavy atom. The minimum atomic E-state index is -4.62. The molecule has 1 amide bonds. The maximum atomic E-state index is 13.3. The van der Waals surface area contributed by atoms with Gasteiger partial charge in [-0.05, 0) is 60.6 Å².